The van der Waals surface area contributed by atoms with Crippen LogP contribution in [0, 0.1) is 0 Å². The molecule has 2 aromatic rings. The third-order valence-corrected chi connectivity index (χ3v) is 4.64. The number of hydrogen-bond acceptors (Lipinski definition) is 0. The Morgan fingerprint density at radius 3 is 2.35 bits per heavy atom. The number of rotatable bonds is 5. The second kappa shape index (κ2) is 5.87. The Balaban J connectivity index is 2.08. The van der Waals surface area contributed by atoms with E-state index in [2.05, 4.69) is 62.4 Å². The zero-order chi connectivity index (χ0) is 13.9. The van der Waals surface area contributed by atoms with Gasteiger partial charge in [-0.05, 0) is 27.7 Å². The number of benzene rings is 2. The molecular formula is C19H23B. The molecule has 0 nitrogen and oxygen atoms in total. The average molecular weight is 262 g/mol. The van der Waals surface area contributed by atoms with Gasteiger partial charge in [0.05, 0.1) is 0 Å². The van der Waals surface area contributed by atoms with Crippen LogP contribution in [0.1, 0.15) is 43.6 Å². The highest BCUT2D eigenvalue weighted by Crippen LogP contribution is 2.38. The number of hydrogen-bond donors (Lipinski definition) is 0. The van der Waals surface area contributed by atoms with E-state index >= 15 is 0 Å². The fourth-order valence-electron chi connectivity index (χ4n) is 3.78. The normalized spacial score (nSPS) is 16.6. The van der Waals surface area contributed by atoms with Crippen LogP contribution in [0.5, 0.6) is 0 Å². The molecule has 0 spiro atoms. The predicted octanol–water partition coefficient (Wildman–Crippen LogP) is 5.80. The van der Waals surface area contributed by atoms with Crippen LogP contribution >= 0.6 is 0 Å². The van der Waals surface area contributed by atoms with Crippen molar-refractivity contribution in [1.82, 2.24) is 0 Å². The van der Waals surface area contributed by atoms with Gasteiger partial charge in [-0.3, -0.25) is 0 Å². The highest BCUT2D eigenvalue weighted by atomic mass is 14.2. The summed E-state index contributed by atoms with van der Waals surface area (Å²) in [6.07, 6.45) is 10.0. The Morgan fingerprint density at radius 2 is 1.65 bits per heavy atom. The van der Waals surface area contributed by atoms with Gasteiger partial charge < -0.3 is 0 Å². The Kier molecular flexibility index (Phi) is 3.96. The minimum atomic E-state index is 0.605. The van der Waals surface area contributed by atoms with Crippen molar-refractivity contribution in [1.29, 1.82) is 0 Å². The lowest BCUT2D eigenvalue weighted by Gasteiger charge is -2.26. The topological polar surface area (TPSA) is 0 Å². The third-order valence-electron chi connectivity index (χ3n) is 4.64. The minimum absolute atomic E-state index is 0.605. The van der Waals surface area contributed by atoms with Crippen LogP contribution in [0.2, 0.25) is 12.6 Å². The minimum Gasteiger partial charge on any atom is -0.0837 e. The average Bonchev–Trinajstić information content (AvgIpc) is 2.48. The van der Waals surface area contributed by atoms with Crippen LogP contribution in [-0.4, -0.2) is 6.71 Å². The lowest BCUT2D eigenvalue weighted by molar-refractivity contribution is 0.965. The van der Waals surface area contributed by atoms with Gasteiger partial charge in [-0.15, -0.1) is 0 Å². The summed E-state index contributed by atoms with van der Waals surface area (Å²) in [6, 6.07) is 13.5. The molecule has 0 bridgehead atoms. The summed E-state index contributed by atoms with van der Waals surface area (Å²) in [5.74, 6) is 0.605. The van der Waals surface area contributed by atoms with Gasteiger partial charge in [0.25, 0.3) is 0 Å². The van der Waals surface area contributed by atoms with E-state index < -0.39 is 0 Å². The maximum absolute atomic E-state index is 2.45. The molecule has 1 atom stereocenters. The molecule has 0 heterocycles. The second-order valence-corrected chi connectivity index (χ2v) is 6.01. The van der Waals surface area contributed by atoms with E-state index in [4.69, 9.17) is 0 Å². The van der Waals surface area contributed by atoms with E-state index in [1.165, 1.54) is 41.8 Å². The molecule has 1 aliphatic carbocycles. The molecule has 0 aliphatic heterocycles. The van der Waals surface area contributed by atoms with Crippen molar-refractivity contribution in [3.8, 4) is 0 Å². The smallest absolute Gasteiger partial charge is 0.0837 e. The predicted molar refractivity (Wildman–Crippen MR) is 91.7 cm³/mol. The third kappa shape index (κ3) is 2.30. The fraction of sp³-hybridized carbons (Fsp3) is 0.368. The Hall–Kier alpha value is -1.50. The lowest BCUT2D eigenvalue weighted by Crippen LogP contribution is -2.23. The zero-order valence-electron chi connectivity index (χ0n) is 12.6. The monoisotopic (exact) mass is 262 g/mol. The fourth-order valence-corrected chi connectivity index (χ4v) is 3.78. The van der Waals surface area contributed by atoms with Crippen molar-refractivity contribution in [3.05, 3.63) is 53.6 Å². The van der Waals surface area contributed by atoms with E-state index in [0.717, 1.165) is 6.71 Å². The molecule has 0 saturated heterocycles. The van der Waals surface area contributed by atoms with Crippen molar-refractivity contribution < 1.29 is 0 Å². The summed E-state index contributed by atoms with van der Waals surface area (Å²) in [4.78, 5) is 0. The molecule has 1 aliphatic rings. The van der Waals surface area contributed by atoms with Gasteiger partial charge >= 0.3 is 0 Å². The Labute approximate surface area is 123 Å². The van der Waals surface area contributed by atoms with E-state index in [-0.39, 0.29) is 0 Å². The van der Waals surface area contributed by atoms with Crippen LogP contribution in [0.25, 0.3) is 16.8 Å². The standard InChI is InChI=1S/C19H23B/c1-3-13-20(14-4-2)18-12-11-16-8-5-7-15-9-6-10-17(18)19(15)16/h5-12,18H,3-4,13-14H2,1-2H3. The van der Waals surface area contributed by atoms with Crippen molar-refractivity contribution in [2.24, 2.45) is 0 Å². The summed E-state index contributed by atoms with van der Waals surface area (Å²) < 4.78 is 0. The second-order valence-electron chi connectivity index (χ2n) is 6.01. The molecule has 2 aromatic carbocycles. The van der Waals surface area contributed by atoms with Crippen molar-refractivity contribution in [3.63, 3.8) is 0 Å². The number of allylic oxidation sites excluding steroid dienone is 1. The van der Waals surface area contributed by atoms with Gasteiger partial charge in [-0.2, -0.15) is 0 Å². The summed E-state index contributed by atoms with van der Waals surface area (Å²) in [5.41, 5.74) is 2.94. The van der Waals surface area contributed by atoms with E-state index in [1.807, 2.05) is 0 Å². The van der Waals surface area contributed by atoms with Crippen LogP contribution in [-0.2, 0) is 0 Å². The molecule has 102 valence electrons. The Bertz CT molecular complexity index is 615. The SMILES string of the molecule is CCCB(CCC)C1C=Cc2cccc3cccc1c23. The quantitative estimate of drug-likeness (QED) is 0.597. The molecule has 1 heteroatoms. The molecule has 3 rings (SSSR count). The molecule has 0 amide bonds. The van der Waals surface area contributed by atoms with E-state index in [9.17, 15) is 0 Å². The van der Waals surface area contributed by atoms with Gasteiger partial charge in [0.2, 0.25) is 0 Å². The van der Waals surface area contributed by atoms with Crippen LogP contribution in [0.3, 0.4) is 0 Å². The first-order valence-electron chi connectivity index (χ1n) is 8.05. The summed E-state index contributed by atoms with van der Waals surface area (Å²) in [5, 5.41) is 2.88. The molecule has 0 fully saturated rings. The molecule has 0 aromatic heterocycles. The Morgan fingerprint density at radius 1 is 0.950 bits per heavy atom. The molecular weight excluding hydrogens is 239 g/mol. The summed E-state index contributed by atoms with van der Waals surface area (Å²) >= 11 is 0. The van der Waals surface area contributed by atoms with E-state index in [1.54, 1.807) is 5.56 Å². The molecule has 0 saturated carbocycles. The highest BCUT2D eigenvalue weighted by molar-refractivity contribution is 6.61. The summed E-state index contributed by atoms with van der Waals surface area (Å²) in [6.45, 7) is 5.41. The van der Waals surface area contributed by atoms with Gasteiger partial charge in [0, 0.05) is 0 Å². The molecule has 20 heavy (non-hydrogen) atoms. The van der Waals surface area contributed by atoms with Crippen LogP contribution in [0.15, 0.2) is 42.5 Å². The van der Waals surface area contributed by atoms with Crippen molar-refractivity contribution in [2.75, 3.05) is 0 Å². The highest BCUT2D eigenvalue weighted by Gasteiger charge is 2.26. The first-order valence-corrected chi connectivity index (χ1v) is 8.05. The first kappa shape index (κ1) is 13.5. The van der Waals surface area contributed by atoms with Gasteiger partial charge in [0.15, 0.2) is 6.71 Å². The molecule has 0 N–H and O–H groups in total. The zero-order valence-corrected chi connectivity index (χ0v) is 12.6. The molecule has 0 radical (unpaired) electrons. The first-order chi connectivity index (χ1) is 9.85. The van der Waals surface area contributed by atoms with Gasteiger partial charge in [0.1, 0.15) is 0 Å². The summed E-state index contributed by atoms with van der Waals surface area (Å²) in [7, 11) is 0. The van der Waals surface area contributed by atoms with E-state index in [0.29, 0.717) is 5.82 Å². The van der Waals surface area contributed by atoms with Crippen molar-refractivity contribution >= 4 is 23.6 Å². The van der Waals surface area contributed by atoms with Gasteiger partial charge in [-0.1, -0.05) is 87.9 Å². The van der Waals surface area contributed by atoms with Crippen LogP contribution in [0.4, 0.5) is 0 Å². The molecule has 1 unspecified atom stereocenters. The van der Waals surface area contributed by atoms with Crippen molar-refractivity contribution in [2.45, 2.75) is 45.1 Å². The largest absolute Gasteiger partial charge is 0.153 e. The van der Waals surface area contributed by atoms with Crippen LogP contribution < -0.4 is 0 Å². The van der Waals surface area contributed by atoms with Gasteiger partial charge in [-0.25, -0.2) is 0 Å². The maximum atomic E-state index is 2.45. The lowest BCUT2D eigenvalue weighted by atomic mass is 9.35. The maximum Gasteiger partial charge on any atom is 0.153 e.